The third-order valence-corrected chi connectivity index (χ3v) is 3.66. The van der Waals surface area contributed by atoms with E-state index < -0.39 is 22.0 Å². The van der Waals surface area contributed by atoms with Crippen LogP contribution < -0.4 is 0 Å². The fourth-order valence-corrected chi connectivity index (χ4v) is 2.08. The maximum atomic E-state index is 11.3. The number of unbranched alkanes of at least 4 members (excludes halogenated alkanes) is 6. The summed E-state index contributed by atoms with van der Waals surface area (Å²) in [5, 5.41) is 9.00. The first kappa shape index (κ1) is 17.5. The van der Waals surface area contributed by atoms with Gasteiger partial charge in [-0.05, 0) is 6.42 Å². The Kier molecular flexibility index (Phi) is 9.23. The molecule has 0 spiro atoms. The lowest BCUT2D eigenvalue weighted by atomic mass is 10.1. The third kappa shape index (κ3) is 9.56. The molecule has 0 bridgehead atoms. The van der Waals surface area contributed by atoms with Crippen LogP contribution in [-0.4, -0.2) is 29.3 Å². The van der Waals surface area contributed by atoms with E-state index in [2.05, 4.69) is 6.92 Å². The van der Waals surface area contributed by atoms with Crippen molar-refractivity contribution < 1.29 is 22.9 Å². The second-order valence-electron chi connectivity index (χ2n) is 4.58. The zero-order chi connectivity index (χ0) is 14.0. The summed E-state index contributed by atoms with van der Waals surface area (Å²) in [6.45, 7) is 2.15. The van der Waals surface area contributed by atoms with Crippen LogP contribution in [0.15, 0.2) is 0 Å². The molecule has 0 heterocycles. The third-order valence-electron chi connectivity index (χ3n) is 2.81. The van der Waals surface area contributed by atoms with Crippen molar-refractivity contribution in [1.82, 2.24) is 0 Å². The molecule has 0 fully saturated rings. The Bertz CT molecular complexity index is 323. The first-order valence-corrected chi connectivity index (χ1v) is 8.04. The Morgan fingerprint density at radius 2 is 1.56 bits per heavy atom. The number of Topliss-reactive ketones (excluding diaryl/α,β-unsaturated/α-hetero) is 1. The van der Waals surface area contributed by atoms with Crippen LogP contribution in [0.2, 0.25) is 0 Å². The topological polar surface area (TPSA) is 91.7 Å². The average molecular weight is 280 g/mol. The van der Waals surface area contributed by atoms with Gasteiger partial charge in [0, 0.05) is 12.8 Å². The molecule has 0 aromatic heterocycles. The molecule has 0 amide bonds. The quantitative estimate of drug-likeness (QED) is 0.447. The lowest BCUT2D eigenvalue weighted by Crippen LogP contribution is -2.23. The summed E-state index contributed by atoms with van der Waals surface area (Å²) in [4.78, 5) is 11.3. The van der Waals surface area contributed by atoms with E-state index in [-0.39, 0.29) is 12.2 Å². The van der Waals surface area contributed by atoms with Crippen LogP contribution in [-0.2, 0) is 14.9 Å². The van der Waals surface area contributed by atoms with Gasteiger partial charge >= 0.3 is 0 Å². The van der Waals surface area contributed by atoms with Crippen LogP contribution in [0.4, 0.5) is 0 Å². The van der Waals surface area contributed by atoms with Crippen molar-refractivity contribution in [2.75, 3.05) is 0 Å². The van der Waals surface area contributed by atoms with E-state index in [4.69, 9.17) is 9.66 Å². The monoisotopic (exact) mass is 280 g/mol. The van der Waals surface area contributed by atoms with Crippen molar-refractivity contribution in [2.24, 2.45) is 0 Å². The van der Waals surface area contributed by atoms with Gasteiger partial charge in [-0.3, -0.25) is 9.35 Å². The molecule has 0 aliphatic heterocycles. The summed E-state index contributed by atoms with van der Waals surface area (Å²) in [7, 11) is -4.51. The highest BCUT2D eigenvalue weighted by Gasteiger charge is 2.22. The number of rotatable bonds is 11. The van der Waals surface area contributed by atoms with Gasteiger partial charge in [0.2, 0.25) is 0 Å². The van der Waals surface area contributed by atoms with Crippen molar-refractivity contribution in [3.8, 4) is 0 Å². The van der Waals surface area contributed by atoms with E-state index in [1.165, 1.54) is 19.3 Å². The van der Waals surface area contributed by atoms with Gasteiger partial charge in [0.25, 0.3) is 10.1 Å². The smallest absolute Gasteiger partial charge is 0.292 e. The molecule has 6 heteroatoms. The first-order valence-electron chi connectivity index (χ1n) is 6.54. The lowest BCUT2D eigenvalue weighted by molar-refractivity contribution is -0.120. The van der Waals surface area contributed by atoms with Crippen LogP contribution in [0.1, 0.15) is 64.7 Å². The van der Waals surface area contributed by atoms with Crippen molar-refractivity contribution >= 4 is 15.9 Å². The molecule has 5 nitrogen and oxygen atoms in total. The number of aliphatic hydroxyl groups is 1. The van der Waals surface area contributed by atoms with Gasteiger partial charge in [0.05, 0.1) is 0 Å². The SMILES string of the molecule is CCCCCCCCCC(=O)C[C@H](O)S(=O)(=O)O. The molecule has 0 aromatic rings. The number of ketones is 1. The van der Waals surface area contributed by atoms with Crippen LogP contribution in [0, 0.1) is 0 Å². The Morgan fingerprint density at radius 1 is 1.06 bits per heavy atom. The van der Waals surface area contributed by atoms with Crippen molar-refractivity contribution in [3.05, 3.63) is 0 Å². The second-order valence-corrected chi connectivity index (χ2v) is 6.16. The van der Waals surface area contributed by atoms with Crippen molar-refractivity contribution in [2.45, 2.75) is 70.1 Å². The number of carbonyl (C=O) groups excluding carboxylic acids is 1. The van der Waals surface area contributed by atoms with Crippen molar-refractivity contribution in [1.29, 1.82) is 0 Å². The zero-order valence-electron chi connectivity index (χ0n) is 11.0. The Labute approximate surface area is 109 Å². The lowest BCUT2D eigenvalue weighted by Gasteiger charge is -2.06. The molecule has 0 aliphatic carbocycles. The van der Waals surface area contributed by atoms with Gasteiger partial charge in [-0.1, -0.05) is 45.4 Å². The molecular formula is C12H24O5S. The minimum absolute atomic E-state index is 0.264. The molecule has 0 aliphatic rings. The molecule has 0 saturated heterocycles. The number of carbonyl (C=O) groups is 1. The minimum atomic E-state index is -4.51. The van der Waals surface area contributed by atoms with Crippen LogP contribution in [0.3, 0.4) is 0 Å². The average Bonchev–Trinajstić information content (AvgIpc) is 2.26. The van der Waals surface area contributed by atoms with E-state index in [1.807, 2.05) is 0 Å². The Balaban J connectivity index is 3.54. The Hall–Kier alpha value is -0.460. The number of aliphatic hydroxyl groups excluding tert-OH is 1. The summed E-state index contributed by atoms with van der Waals surface area (Å²) in [6.07, 6.45) is 7.29. The molecule has 108 valence electrons. The number of hydrogen-bond acceptors (Lipinski definition) is 4. The second kappa shape index (κ2) is 9.47. The first-order chi connectivity index (χ1) is 8.38. The van der Waals surface area contributed by atoms with Gasteiger partial charge in [0.15, 0.2) is 5.44 Å². The molecule has 0 unspecified atom stereocenters. The van der Waals surface area contributed by atoms with Gasteiger partial charge in [-0.2, -0.15) is 8.42 Å². The fourth-order valence-electron chi connectivity index (χ4n) is 1.68. The van der Waals surface area contributed by atoms with Crippen LogP contribution >= 0.6 is 0 Å². The fraction of sp³-hybridized carbons (Fsp3) is 0.917. The summed E-state index contributed by atoms with van der Waals surface area (Å²) in [5.41, 5.74) is -1.98. The van der Waals surface area contributed by atoms with Gasteiger partial charge in [-0.25, -0.2) is 0 Å². The highest BCUT2D eigenvalue weighted by Crippen LogP contribution is 2.10. The normalized spacial score (nSPS) is 13.5. The van der Waals surface area contributed by atoms with Gasteiger partial charge in [-0.15, -0.1) is 0 Å². The molecule has 0 radical (unpaired) electrons. The summed E-state index contributed by atoms with van der Waals surface area (Å²) in [5.74, 6) is -0.325. The molecule has 2 N–H and O–H groups in total. The summed E-state index contributed by atoms with van der Waals surface area (Å²) in [6, 6.07) is 0. The molecule has 0 rings (SSSR count). The summed E-state index contributed by atoms with van der Waals surface area (Å²) >= 11 is 0. The highest BCUT2D eigenvalue weighted by molar-refractivity contribution is 7.86. The maximum absolute atomic E-state index is 11.3. The van der Waals surface area contributed by atoms with Crippen LogP contribution in [0.5, 0.6) is 0 Å². The van der Waals surface area contributed by atoms with Crippen LogP contribution in [0.25, 0.3) is 0 Å². The standard InChI is InChI=1S/C12H24O5S/c1-2-3-4-5-6-7-8-9-11(13)10-12(14)18(15,16)17/h12,14H,2-10H2,1H3,(H,15,16,17)/t12-/m1/s1. The van der Waals surface area contributed by atoms with Gasteiger partial charge < -0.3 is 5.11 Å². The molecule has 0 aromatic carbocycles. The zero-order valence-corrected chi connectivity index (χ0v) is 11.8. The molecular weight excluding hydrogens is 256 g/mol. The maximum Gasteiger partial charge on any atom is 0.292 e. The van der Waals surface area contributed by atoms with E-state index in [1.54, 1.807) is 0 Å². The number of hydrogen-bond donors (Lipinski definition) is 2. The van der Waals surface area contributed by atoms with E-state index in [0.717, 1.165) is 19.3 Å². The van der Waals surface area contributed by atoms with Crippen molar-refractivity contribution in [3.63, 3.8) is 0 Å². The summed E-state index contributed by atoms with van der Waals surface area (Å²) < 4.78 is 29.5. The highest BCUT2D eigenvalue weighted by atomic mass is 32.2. The molecule has 0 saturated carbocycles. The largest absolute Gasteiger partial charge is 0.375 e. The van der Waals surface area contributed by atoms with E-state index in [0.29, 0.717) is 6.42 Å². The molecule has 1 atom stereocenters. The predicted octanol–water partition coefficient (Wildman–Crippen LogP) is 2.29. The van der Waals surface area contributed by atoms with E-state index in [9.17, 15) is 13.2 Å². The Morgan fingerprint density at radius 3 is 2.06 bits per heavy atom. The van der Waals surface area contributed by atoms with E-state index >= 15 is 0 Å². The predicted molar refractivity (Wildman–Crippen MR) is 69.8 cm³/mol. The minimum Gasteiger partial charge on any atom is -0.375 e. The molecule has 18 heavy (non-hydrogen) atoms. The van der Waals surface area contributed by atoms with Gasteiger partial charge in [0.1, 0.15) is 5.78 Å².